The molecule has 3 fully saturated rings. The van der Waals surface area contributed by atoms with Crippen molar-refractivity contribution in [3.8, 4) is 5.75 Å². The highest BCUT2D eigenvalue weighted by atomic mass is 16.3. The van der Waals surface area contributed by atoms with E-state index in [1.165, 1.54) is 50.5 Å². The van der Waals surface area contributed by atoms with Crippen molar-refractivity contribution < 1.29 is 14.7 Å². The highest BCUT2D eigenvalue weighted by Crippen LogP contribution is 2.43. The van der Waals surface area contributed by atoms with Gasteiger partial charge in [0, 0.05) is 44.6 Å². The van der Waals surface area contributed by atoms with E-state index in [1.54, 1.807) is 6.07 Å². The fourth-order valence-electron chi connectivity index (χ4n) is 6.31. The summed E-state index contributed by atoms with van der Waals surface area (Å²) in [5.74, 6) is 1.13. The lowest BCUT2D eigenvalue weighted by Crippen LogP contribution is -2.47. The summed E-state index contributed by atoms with van der Waals surface area (Å²) < 4.78 is 0. The van der Waals surface area contributed by atoms with Crippen LogP contribution >= 0.6 is 0 Å². The molecule has 176 valence electrons. The van der Waals surface area contributed by atoms with Gasteiger partial charge in [-0.15, -0.1) is 0 Å². The molecule has 3 atom stereocenters. The summed E-state index contributed by atoms with van der Waals surface area (Å²) in [4.78, 5) is 28.8. The standard InChI is InChI=1S/C26H39N3O3/c27-25(31)11-12-26(32)28(18-19-5-2-1-3-6-19)13-14-29-22-9-10-23(29)16-21(15-22)20-7-4-8-24(30)17-20/h4,7-8,17,19,21-23,30H,1-3,5-6,9-16,18H2,(H2,27,31)/t21-,22+,23-. The van der Waals surface area contributed by atoms with Crippen LogP contribution in [-0.4, -0.2) is 58.4 Å². The first-order valence-electron chi connectivity index (χ1n) is 12.6. The number of rotatable bonds is 9. The molecule has 2 heterocycles. The van der Waals surface area contributed by atoms with Crippen molar-refractivity contribution in [2.45, 2.75) is 88.6 Å². The topological polar surface area (TPSA) is 86.9 Å². The molecule has 2 bridgehead atoms. The van der Waals surface area contributed by atoms with Crippen molar-refractivity contribution in [2.24, 2.45) is 11.7 Å². The van der Waals surface area contributed by atoms with Gasteiger partial charge >= 0.3 is 0 Å². The van der Waals surface area contributed by atoms with E-state index in [0.717, 1.165) is 32.5 Å². The minimum atomic E-state index is -0.400. The summed E-state index contributed by atoms with van der Waals surface area (Å²) >= 11 is 0. The molecule has 3 N–H and O–H groups in total. The van der Waals surface area contributed by atoms with Gasteiger partial charge in [0.25, 0.3) is 0 Å². The van der Waals surface area contributed by atoms with Crippen molar-refractivity contribution in [2.75, 3.05) is 19.6 Å². The number of nitrogens with zero attached hydrogens (tertiary/aromatic N) is 2. The molecule has 0 unspecified atom stereocenters. The van der Waals surface area contributed by atoms with E-state index in [0.29, 0.717) is 29.7 Å². The van der Waals surface area contributed by atoms with Crippen LogP contribution in [0.3, 0.4) is 0 Å². The second-order valence-electron chi connectivity index (χ2n) is 10.2. The van der Waals surface area contributed by atoms with Crippen molar-refractivity contribution in [3.05, 3.63) is 29.8 Å². The molecule has 0 radical (unpaired) electrons. The molecule has 3 aliphatic rings. The van der Waals surface area contributed by atoms with Gasteiger partial charge in [-0.25, -0.2) is 0 Å². The Balaban J connectivity index is 1.35. The number of benzene rings is 1. The van der Waals surface area contributed by atoms with Crippen molar-refractivity contribution in [1.82, 2.24) is 9.80 Å². The Morgan fingerprint density at radius 2 is 1.75 bits per heavy atom. The van der Waals surface area contributed by atoms with Gasteiger partial charge in [-0.3, -0.25) is 14.5 Å². The smallest absolute Gasteiger partial charge is 0.223 e. The molecule has 0 spiro atoms. The maximum absolute atomic E-state index is 12.9. The third-order valence-electron chi connectivity index (χ3n) is 8.00. The first kappa shape index (κ1) is 23.1. The Morgan fingerprint density at radius 1 is 1.03 bits per heavy atom. The Bertz CT molecular complexity index is 778. The van der Waals surface area contributed by atoms with Crippen LogP contribution in [0, 0.1) is 5.92 Å². The zero-order valence-electron chi connectivity index (χ0n) is 19.3. The van der Waals surface area contributed by atoms with Crippen LogP contribution in [0.4, 0.5) is 0 Å². The van der Waals surface area contributed by atoms with Gasteiger partial charge in [-0.05, 0) is 68.1 Å². The molecule has 1 aliphatic carbocycles. The van der Waals surface area contributed by atoms with Crippen LogP contribution in [0.25, 0.3) is 0 Å². The summed E-state index contributed by atoms with van der Waals surface area (Å²) in [5, 5.41) is 9.88. The number of carbonyl (C=O) groups is 2. The van der Waals surface area contributed by atoms with Gasteiger partial charge in [0.2, 0.25) is 11.8 Å². The molecule has 1 aromatic carbocycles. The first-order chi connectivity index (χ1) is 15.5. The average Bonchev–Trinajstić information content (AvgIpc) is 3.02. The minimum Gasteiger partial charge on any atom is -0.508 e. The van der Waals surface area contributed by atoms with Crippen LogP contribution in [-0.2, 0) is 9.59 Å². The third-order valence-corrected chi connectivity index (χ3v) is 8.00. The lowest BCUT2D eigenvalue weighted by molar-refractivity contribution is -0.134. The van der Waals surface area contributed by atoms with Gasteiger partial charge < -0.3 is 15.7 Å². The van der Waals surface area contributed by atoms with E-state index in [9.17, 15) is 14.7 Å². The normalized spacial score (nSPS) is 26.2. The van der Waals surface area contributed by atoms with E-state index >= 15 is 0 Å². The molecule has 0 aromatic heterocycles. The van der Waals surface area contributed by atoms with Gasteiger partial charge in [-0.1, -0.05) is 31.4 Å². The van der Waals surface area contributed by atoms with Crippen LogP contribution in [0.1, 0.15) is 82.1 Å². The van der Waals surface area contributed by atoms with Crippen molar-refractivity contribution in [1.29, 1.82) is 0 Å². The number of amides is 2. The lowest BCUT2D eigenvalue weighted by Gasteiger charge is -2.40. The number of phenolic OH excluding ortho intramolecular Hbond substituents is 1. The molecular weight excluding hydrogens is 402 g/mol. The summed E-state index contributed by atoms with van der Waals surface area (Å²) in [6, 6.07) is 8.85. The predicted molar refractivity (Wildman–Crippen MR) is 125 cm³/mol. The number of fused-ring (bicyclic) bond motifs is 2. The Labute approximate surface area is 192 Å². The van der Waals surface area contributed by atoms with Crippen LogP contribution in [0.5, 0.6) is 5.75 Å². The Hall–Kier alpha value is -2.08. The van der Waals surface area contributed by atoms with Gasteiger partial charge in [0.15, 0.2) is 0 Å². The van der Waals surface area contributed by atoms with Crippen LogP contribution in [0.15, 0.2) is 24.3 Å². The zero-order valence-corrected chi connectivity index (χ0v) is 19.3. The number of hydrogen-bond donors (Lipinski definition) is 2. The molecule has 2 saturated heterocycles. The fraction of sp³-hybridized carbons (Fsp3) is 0.692. The highest BCUT2D eigenvalue weighted by molar-refractivity contribution is 5.82. The Kier molecular flexibility index (Phi) is 7.71. The third kappa shape index (κ3) is 5.83. The zero-order chi connectivity index (χ0) is 22.5. The number of hydrogen-bond acceptors (Lipinski definition) is 4. The number of primary amides is 1. The predicted octanol–water partition coefficient (Wildman–Crippen LogP) is 3.78. The largest absolute Gasteiger partial charge is 0.508 e. The van der Waals surface area contributed by atoms with Crippen molar-refractivity contribution in [3.63, 3.8) is 0 Å². The molecular formula is C26H39N3O3. The molecule has 1 saturated carbocycles. The van der Waals surface area contributed by atoms with E-state index in [2.05, 4.69) is 11.0 Å². The summed E-state index contributed by atoms with van der Waals surface area (Å²) in [6.07, 6.45) is 11.3. The Morgan fingerprint density at radius 3 is 2.41 bits per heavy atom. The molecule has 2 aliphatic heterocycles. The van der Waals surface area contributed by atoms with E-state index in [4.69, 9.17) is 5.73 Å². The number of piperidine rings is 1. The van der Waals surface area contributed by atoms with E-state index < -0.39 is 5.91 Å². The number of carbonyl (C=O) groups excluding carboxylic acids is 2. The fourth-order valence-corrected chi connectivity index (χ4v) is 6.31. The number of phenols is 1. The summed E-state index contributed by atoms with van der Waals surface area (Å²) in [6.45, 7) is 2.49. The number of nitrogens with two attached hydrogens (primary N) is 1. The average molecular weight is 442 g/mol. The quantitative estimate of drug-likeness (QED) is 0.611. The maximum Gasteiger partial charge on any atom is 0.223 e. The van der Waals surface area contributed by atoms with E-state index in [1.807, 2.05) is 17.0 Å². The van der Waals surface area contributed by atoms with Crippen molar-refractivity contribution >= 4 is 11.8 Å². The molecule has 6 nitrogen and oxygen atoms in total. The maximum atomic E-state index is 12.9. The van der Waals surface area contributed by atoms with E-state index in [-0.39, 0.29) is 18.7 Å². The monoisotopic (exact) mass is 441 g/mol. The lowest BCUT2D eigenvalue weighted by atomic mass is 9.85. The first-order valence-corrected chi connectivity index (χ1v) is 12.6. The molecule has 32 heavy (non-hydrogen) atoms. The second-order valence-corrected chi connectivity index (χ2v) is 10.2. The molecule has 1 aromatic rings. The van der Waals surface area contributed by atoms with Crippen LogP contribution < -0.4 is 5.73 Å². The SMILES string of the molecule is NC(=O)CCC(=O)N(CCN1[C@@H]2CC[C@H]1C[C@@H](c1cccc(O)c1)C2)CC1CCCCC1. The summed E-state index contributed by atoms with van der Waals surface area (Å²) in [7, 11) is 0. The highest BCUT2D eigenvalue weighted by Gasteiger charge is 2.41. The van der Waals surface area contributed by atoms with Gasteiger partial charge in [-0.2, -0.15) is 0 Å². The van der Waals surface area contributed by atoms with Gasteiger partial charge in [0.05, 0.1) is 0 Å². The summed E-state index contributed by atoms with van der Waals surface area (Å²) in [5.41, 5.74) is 6.55. The van der Waals surface area contributed by atoms with Crippen LogP contribution in [0.2, 0.25) is 0 Å². The second kappa shape index (κ2) is 10.7. The molecule has 4 rings (SSSR count). The molecule has 6 heteroatoms. The van der Waals surface area contributed by atoms with Gasteiger partial charge in [0.1, 0.15) is 5.75 Å². The minimum absolute atomic E-state index is 0.0800. The number of aromatic hydroxyl groups is 1. The molecule has 2 amide bonds.